The Morgan fingerprint density at radius 2 is 2.12 bits per heavy atom. The zero-order valence-corrected chi connectivity index (χ0v) is 10.7. The molecule has 3 heteroatoms. The summed E-state index contributed by atoms with van der Waals surface area (Å²) in [7, 11) is 0. The van der Waals surface area contributed by atoms with Crippen LogP contribution in [0.25, 0.3) is 0 Å². The van der Waals surface area contributed by atoms with Gasteiger partial charge in [0.1, 0.15) is 5.82 Å². The summed E-state index contributed by atoms with van der Waals surface area (Å²) in [5.41, 5.74) is 2.45. The van der Waals surface area contributed by atoms with Crippen LogP contribution in [0.3, 0.4) is 0 Å². The third kappa shape index (κ3) is 3.07. The molecular weight excluding hydrogens is 264 g/mol. The van der Waals surface area contributed by atoms with Gasteiger partial charge in [-0.05, 0) is 42.3 Å². The maximum atomic E-state index is 4.25. The average Bonchev–Trinajstić information content (AvgIpc) is 2.27. The minimum absolute atomic E-state index is 0.788. The number of hydrogen-bond donors (Lipinski definition) is 1. The molecule has 0 saturated heterocycles. The van der Waals surface area contributed by atoms with Crippen LogP contribution in [-0.4, -0.2) is 4.98 Å². The van der Waals surface area contributed by atoms with E-state index in [4.69, 9.17) is 0 Å². The van der Waals surface area contributed by atoms with Gasteiger partial charge in [-0.15, -0.1) is 0 Å². The molecule has 0 saturated carbocycles. The standard InChI is InChI=1S/C13H13BrN2/c1-10-5-6-15-13(7-10)16-9-11-3-2-4-12(14)8-11/h2-8H,9H2,1H3,(H,15,16). The molecule has 82 valence electrons. The molecule has 0 amide bonds. The van der Waals surface area contributed by atoms with E-state index in [1.54, 1.807) is 0 Å². The van der Waals surface area contributed by atoms with Crippen molar-refractivity contribution in [3.63, 3.8) is 0 Å². The fourth-order valence-electron chi connectivity index (χ4n) is 1.47. The summed E-state index contributed by atoms with van der Waals surface area (Å²) < 4.78 is 1.10. The van der Waals surface area contributed by atoms with E-state index in [2.05, 4.69) is 45.3 Å². The van der Waals surface area contributed by atoms with Crippen LogP contribution >= 0.6 is 15.9 Å². The minimum Gasteiger partial charge on any atom is -0.366 e. The number of nitrogens with zero attached hydrogens (tertiary/aromatic N) is 1. The molecule has 0 unspecified atom stereocenters. The average molecular weight is 277 g/mol. The SMILES string of the molecule is Cc1ccnc(NCc2cccc(Br)c2)c1. The number of aryl methyl sites for hydroxylation is 1. The molecule has 1 aromatic heterocycles. The second kappa shape index (κ2) is 5.12. The first-order valence-corrected chi connectivity index (χ1v) is 5.94. The molecule has 1 aromatic carbocycles. The van der Waals surface area contributed by atoms with Crippen LogP contribution in [-0.2, 0) is 6.54 Å². The molecule has 0 fully saturated rings. The van der Waals surface area contributed by atoms with E-state index in [1.807, 2.05) is 30.5 Å². The predicted octanol–water partition coefficient (Wildman–Crippen LogP) is 3.76. The van der Waals surface area contributed by atoms with Crippen LogP contribution in [0.15, 0.2) is 47.1 Å². The van der Waals surface area contributed by atoms with Crippen molar-refractivity contribution >= 4 is 21.7 Å². The predicted molar refractivity (Wildman–Crippen MR) is 70.4 cm³/mol. The van der Waals surface area contributed by atoms with Crippen molar-refractivity contribution in [1.82, 2.24) is 4.98 Å². The molecule has 0 bridgehead atoms. The van der Waals surface area contributed by atoms with Gasteiger partial charge in [-0.3, -0.25) is 0 Å². The second-order valence-corrected chi connectivity index (χ2v) is 4.62. The molecular formula is C13H13BrN2. The maximum Gasteiger partial charge on any atom is 0.126 e. The summed E-state index contributed by atoms with van der Waals surface area (Å²) >= 11 is 3.46. The number of rotatable bonds is 3. The van der Waals surface area contributed by atoms with Gasteiger partial charge in [0.15, 0.2) is 0 Å². The summed E-state index contributed by atoms with van der Waals surface area (Å²) in [5, 5.41) is 3.30. The van der Waals surface area contributed by atoms with Crippen molar-refractivity contribution in [1.29, 1.82) is 0 Å². The second-order valence-electron chi connectivity index (χ2n) is 3.70. The number of benzene rings is 1. The molecule has 0 aliphatic rings. The van der Waals surface area contributed by atoms with Gasteiger partial charge in [0, 0.05) is 17.2 Å². The van der Waals surface area contributed by atoms with Gasteiger partial charge in [-0.25, -0.2) is 4.98 Å². The van der Waals surface area contributed by atoms with Gasteiger partial charge >= 0.3 is 0 Å². The summed E-state index contributed by atoms with van der Waals surface area (Å²) in [6, 6.07) is 12.3. The first-order valence-electron chi connectivity index (χ1n) is 5.15. The molecule has 1 N–H and O–H groups in total. The van der Waals surface area contributed by atoms with Crippen LogP contribution in [0.1, 0.15) is 11.1 Å². The molecule has 0 atom stereocenters. The summed E-state index contributed by atoms with van der Waals surface area (Å²) in [5.74, 6) is 0.917. The third-order valence-corrected chi connectivity index (χ3v) is 2.77. The lowest BCUT2D eigenvalue weighted by atomic mass is 10.2. The number of hydrogen-bond acceptors (Lipinski definition) is 2. The maximum absolute atomic E-state index is 4.25. The van der Waals surface area contributed by atoms with Crippen LogP contribution in [0, 0.1) is 6.92 Å². The van der Waals surface area contributed by atoms with Crippen LogP contribution in [0.5, 0.6) is 0 Å². The van der Waals surface area contributed by atoms with Gasteiger partial charge in [0.25, 0.3) is 0 Å². The van der Waals surface area contributed by atoms with E-state index >= 15 is 0 Å². The van der Waals surface area contributed by atoms with E-state index in [-0.39, 0.29) is 0 Å². The lowest BCUT2D eigenvalue weighted by Crippen LogP contribution is -2.01. The monoisotopic (exact) mass is 276 g/mol. The summed E-state index contributed by atoms with van der Waals surface area (Å²) in [4.78, 5) is 4.25. The Bertz CT molecular complexity index is 437. The summed E-state index contributed by atoms with van der Waals surface area (Å²) in [6.07, 6.45) is 1.82. The molecule has 16 heavy (non-hydrogen) atoms. The lowest BCUT2D eigenvalue weighted by molar-refractivity contribution is 1.10. The number of aromatic nitrogens is 1. The van der Waals surface area contributed by atoms with Gasteiger partial charge < -0.3 is 5.32 Å². The number of nitrogens with one attached hydrogen (secondary N) is 1. The van der Waals surface area contributed by atoms with Crippen molar-refractivity contribution in [2.75, 3.05) is 5.32 Å². The normalized spacial score (nSPS) is 10.1. The Morgan fingerprint density at radius 3 is 2.88 bits per heavy atom. The highest BCUT2D eigenvalue weighted by molar-refractivity contribution is 9.10. The number of pyridine rings is 1. The fourth-order valence-corrected chi connectivity index (χ4v) is 1.92. The molecule has 2 rings (SSSR count). The third-order valence-electron chi connectivity index (χ3n) is 2.28. The van der Waals surface area contributed by atoms with E-state index in [1.165, 1.54) is 11.1 Å². The first kappa shape index (κ1) is 11.1. The Morgan fingerprint density at radius 1 is 1.25 bits per heavy atom. The van der Waals surface area contributed by atoms with Crippen molar-refractivity contribution in [3.05, 3.63) is 58.2 Å². The van der Waals surface area contributed by atoms with Gasteiger partial charge in [0.2, 0.25) is 0 Å². The van der Waals surface area contributed by atoms with E-state index in [0.717, 1.165) is 16.8 Å². The zero-order valence-electron chi connectivity index (χ0n) is 9.07. The fraction of sp³-hybridized carbons (Fsp3) is 0.154. The van der Waals surface area contributed by atoms with Crippen LogP contribution < -0.4 is 5.32 Å². The minimum atomic E-state index is 0.788. The van der Waals surface area contributed by atoms with E-state index in [9.17, 15) is 0 Å². The largest absolute Gasteiger partial charge is 0.366 e. The van der Waals surface area contributed by atoms with Crippen molar-refractivity contribution in [2.24, 2.45) is 0 Å². The Balaban J connectivity index is 2.02. The Hall–Kier alpha value is -1.35. The summed E-state index contributed by atoms with van der Waals surface area (Å²) in [6.45, 7) is 2.85. The van der Waals surface area contributed by atoms with Crippen molar-refractivity contribution in [2.45, 2.75) is 13.5 Å². The van der Waals surface area contributed by atoms with Crippen molar-refractivity contribution in [3.8, 4) is 0 Å². The van der Waals surface area contributed by atoms with Gasteiger partial charge in [-0.1, -0.05) is 28.1 Å². The molecule has 0 aliphatic heterocycles. The van der Waals surface area contributed by atoms with E-state index < -0.39 is 0 Å². The molecule has 0 aliphatic carbocycles. The highest BCUT2D eigenvalue weighted by Crippen LogP contribution is 2.13. The first-order chi connectivity index (χ1) is 7.74. The molecule has 2 aromatic rings. The quantitative estimate of drug-likeness (QED) is 0.923. The lowest BCUT2D eigenvalue weighted by Gasteiger charge is -2.06. The zero-order chi connectivity index (χ0) is 11.4. The van der Waals surface area contributed by atoms with Crippen LogP contribution in [0.2, 0.25) is 0 Å². The highest BCUT2D eigenvalue weighted by atomic mass is 79.9. The number of halogens is 1. The molecule has 2 nitrogen and oxygen atoms in total. The topological polar surface area (TPSA) is 24.9 Å². The van der Waals surface area contributed by atoms with Gasteiger partial charge in [-0.2, -0.15) is 0 Å². The smallest absolute Gasteiger partial charge is 0.126 e. The van der Waals surface area contributed by atoms with Crippen molar-refractivity contribution < 1.29 is 0 Å². The van der Waals surface area contributed by atoms with Crippen LogP contribution in [0.4, 0.5) is 5.82 Å². The Labute approximate surface area is 104 Å². The molecule has 1 heterocycles. The van der Waals surface area contributed by atoms with Gasteiger partial charge in [0.05, 0.1) is 0 Å². The van der Waals surface area contributed by atoms with E-state index in [0.29, 0.717) is 0 Å². The number of anilines is 1. The molecule has 0 radical (unpaired) electrons. The highest BCUT2D eigenvalue weighted by Gasteiger charge is 1.96. The molecule has 0 spiro atoms. The Kier molecular flexibility index (Phi) is 3.57.